The molecule has 2 heteroatoms. The molecule has 0 unspecified atom stereocenters. The summed E-state index contributed by atoms with van der Waals surface area (Å²) < 4.78 is 2.23. The van der Waals surface area contributed by atoms with Gasteiger partial charge >= 0.3 is 0 Å². The molecule has 1 aliphatic carbocycles. The molecular formula is C15H20N2. The van der Waals surface area contributed by atoms with Gasteiger partial charge in [-0.1, -0.05) is 24.6 Å². The van der Waals surface area contributed by atoms with Crippen molar-refractivity contribution in [3.05, 3.63) is 36.0 Å². The lowest BCUT2D eigenvalue weighted by Crippen LogP contribution is -2.39. The summed E-state index contributed by atoms with van der Waals surface area (Å²) >= 11 is 0. The molecule has 0 radical (unpaired) electrons. The number of aryl methyl sites for hydroxylation is 1. The van der Waals surface area contributed by atoms with Crippen molar-refractivity contribution in [1.29, 1.82) is 0 Å². The van der Waals surface area contributed by atoms with Gasteiger partial charge in [0, 0.05) is 24.1 Å². The number of para-hydroxylation sites is 1. The Morgan fingerprint density at radius 3 is 2.71 bits per heavy atom. The third-order valence-electron chi connectivity index (χ3n) is 4.39. The quantitative estimate of drug-likeness (QED) is 0.860. The van der Waals surface area contributed by atoms with Crippen LogP contribution in [0, 0.1) is 5.41 Å². The number of hydrogen-bond acceptors (Lipinski definition) is 1. The largest absolute Gasteiger partial charge is 0.350 e. The highest BCUT2D eigenvalue weighted by Gasteiger charge is 2.36. The summed E-state index contributed by atoms with van der Waals surface area (Å²) in [4.78, 5) is 0. The van der Waals surface area contributed by atoms with E-state index in [1.165, 1.54) is 35.7 Å². The molecule has 90 valence electrons. The zero-order valence-electron chi connectivity index (χ0n) is 10.4. The fraction of sp³-hybridized carbons (Fsp3) is 0.467. The van der Waals surface area contributed by atoms with E-state index in [0.717, 1.165) is 13.0 Å². The van der Waals surface area contributed by atoms with Crippen molar-refractivity contribution in [3.8, 4) is 0 Å². The Morgan fingerprint density at radius 2 is 2.06 bits per heavy atom. The molecule has 1 aromatic heterocycles. The van der Waals surface area contributed by atoms with Crippen LogP contribution in [0.5, 0.6) is 0 Å². The van der Waals surface area contributed by atoms with Gasteiger partial charge in [0.1, 0.15) is 0 Å². The highest BCUT2D eigenvalue weighted by Crippen LogP contribution is 2.43. The Bertz CT molecular complexity index is 529. The Labute approximate surface area is 102 Å². The molecule has 1 saturated carbocycles. The first-order chi connectivity index (χ1) is 8.24. The predicted molar refractivity (Wildman–Crippen MR) is 72.0 cm³/mol. The lowest BCUT2D eigenvalue weighted by molar-refractivity contribution is 0.145. The van der Waals surface area contributed by atoms with E-state index in [4.69, 9.17) is 5.73 Å². The van der Waals surface area contributed by atoms with E-state index in [0.29, 0.717) is 5.41 Å². The SMILES string of the molecule is Cn1cc(CC2(CN)CCC2)c2ccccc21. The number of aromatic nitrogens is 1. The van der Waals surface area contributed by atoms with E-state index in [1.54, 1.807) is 0 Å². The van der Waals surface area contributed by atoms with Crippen molar-refractivity contribution in [2.45, 2.75) is 25.7 Å². The van der Waals surface area contributed by atoms with Crippen LogP contribution in [-0.2, 0) is 13.5 Å². The minimum atomic E-state index is 0.393. The van der Waals surface area contributed by atoms with Crippen LogP contribution < -0.4 is 5.73 Å². The minimum Gasteiger partial charge on any atom is -0.350 e. The predicted octanol–water partition coefficient (Wildman–Crippen LogP) is 2.85. The fourth-order valence-electron chi connectivity index (χ4n) is 3.10. The molecule has 0 aliphatic heterocycles. The molecule has 0 spiro atoms. The van der Waals surface area contributed by atoms with Gasteiger partial charge in [0.25, 0.3) is 0 Å². The van der Waals surface area contributed by atoms with E-state index < -0.39 is 0 Å². The van der Waals surface area contributed by atoms with E-state index in [9.17, 15) is 0 Å². The lowest BCUT2D eigenvalue weighted by Gasteiger charge is -2.41. The Morgan fingerprint density at radius 1 is 1.29 bits per heavy atom. The summed E-state index contributed by atoms with van der Waals surface area (Å²) in [5.74, 6) is 0. The van der Waals surface area contributed by atoms with Crippen LogP contribution in [0.4, 0.5) is 0 Å². The number of nitrogens with two attached hydrogens (primary N) is 1. The molecule has 1 aliphatic rings. The zero-order valence-corrected chi connectivity index (χ0v) is 10.4. The van der Waals surface area contributed by atoms with Crippen LogP contribution in [0.3, 0.4) is 0 Å². The van der Waals surface area contributed by atoms with Gasteiger partial charge in [0.2, 0.25) is 0 Å². The van der Waals surface area contributed by atoms with Crippen LogP contribution in [0.1, 0.15) is 24.8 Å². The Balaban J connectivity index is 2.00. The van der Waals surface area contributed by atoms with Crippen molar-refractivity contribution in [3.63, 3.8) is 0 Å². The van der Waals surface area contributed by atoms with Crippen molar-refractivity contribution < 1.29 is 0 Å². The van der Waals surface area contributed by atoms with Crippen molar-refractivity contribution >= 4 is 10.9 Å². The Hall–Kier alpha value is -1.28. The summed E-state index contributed by atoms with van der Waals surface area (Å²) in [7, 11) is 2.13. The number of rotatable bonds is 3. The zero-order chi connectivity index (χ0) is 11.9. The summed E-state index contributed by atoms with van der Waals surface area (Å²) in [5.41, 5.74) is 9.15. The maximum atomic E-state index is 5.96. The molecule has 17 heavy (non-hydrogen) atoms. The maximum Gasteiger partial charge on any atom is 0.0480 e. The van der Waals surface area contributed by atoms with Crippen molar-refractivity contribution in [1.82, 2.24) is 4.57 Å². The maximum absolute atomic E-state index is 5.96. The van der Waals surface area contributed by atoms with Crippen molar-refractivity contribution in [2.24, 2.45) is 18.2 Å². The molecule has 1 fully saturated rings. The van der Waals surface area contributed by atoms with Gasteiger partial charge in [0.15, 0.2) is 0 Å². The molecule has 2 N–H and O–H groups in total. The molecule has 2 nitrogen and oxygen atoms in total. The third kappa shape index (κ3) is 1.67. The van der Waals surface area contributed by atoms with E-state index in [-0.39, 0.29) is 0 Å². The first-order valence-electron chi connectivity index (χ1n) is 6.47. The van der Waals surface area contributed by atoms with Gasteiger partial charge in [-0.15, -0.1) is 0 Å². The summed E-state index contributed by atoms with van der Waals surface area (Å²) in [6, 6.07) is 8.65. The van der Waals surface area contributed by atoms with Gasteiger partial charge in [-0.3, -0.25) is 0 Å². The standard InChI is InChI=1S/C15H20N2/c1-17-10-12(9-15(11-16)7-4-8-15)13-5-2-3-6-14(13)17/h2-3,5-6,10H,4,7-9,11,16H2,1H3. The molecular weight excluding hydrogens is 208 g/mol. The Kier molecular flexibility index (Phi) is 2.48. The fourth-order valence-corrected chi connectivity index (χ4v) is 3.10. The van der Waals surface area contributed by atoms with Gasteiger partial charge in [-0.2, -0.15) is 0 Å². The first-order valence-corrected chi connectivity index (χ1v) is 6.47. The normalized spacial score (nSPS) is 18.2. The summed E-state index contributed by atoms with van der Waals surface area (Å²) in [6.07, 6.45) is 7.37. The average Bonchev–Trinajstić information content (AvgIpc) is 2.62. The van der Waals surface area contributed by atoms with Gasteiger partial charge in [-0.05, 0) is 42.9 Å². The second kappa shape index (κ2) is 3.88. The van der Waals surface area contributed by atoms with Crippen LogP contribution in [-0.4, -0.2) is 11.1 Å². The lowest BCUT2D eigenvalue weighted by atomic mass is 9.65. The van der Waals surface area contributed by atoms with E-state index in [2.05, 4.69) is 42.1 Å². The monoisotopic (exact) mass is 228 g/mol. The third-order valence-corrected chi connectivity index (χ3v) is 4.39. The molecule has 3 rings (SSSR count). The van der Waals surface area contributed by atoms with Crippen LogP contribution in [0.15, 0.2) is 30.5 Å². The number of hydrogen-bond donors (Lipinski definition) is 1. The minimum absolute atomic E-state index is 0.393. The van der Waals surface area contributed by atoms with E-state index in [1.807, 2.05) is 0 Å². The highest BCUT2D eigenvalue weighted by atomic mass is 14.9. The smallest absolute Gasteiger partial charge is 0.0480 e. The molecule has 0 atom stereocenters. The van der Waals surface area contributed by atoms with Crippen LogP contribution in [0.25, 0.3) is 10.9 Å². The topological polar surface area (TPSA) is 30.9 Å². The second-order valence-electron chi connectivity index (χ2n) is 5.52. The van der Waals surface area contributed by atoms with Crippen LogP contribution in [0.2, 0.25) is 0 Å². The number of nitrogens with zero attached hydrogens (tertiary/aromatic N) is 1. The summed E-state index contributed by atoms with van der Waals surface area (Å²) in [5, 5.41) is 1.40. The van der Waals surface area contributed by atoms with E-state index >= 15 is 0 Å². The number of fused-ring (bicyclic) bond motifs is 1. The molecule has 0 saturated heterocycles. The van der Waals surface area contributed by atoms with Crippen molar-refractivity contribution in [2.75, 3.05) is 6.54 Å². The van der Waals surface area contributed by atoms with Crippen LogP contribution >= 0.6 is 0 Å². The van der Waals surface area contributed by atoms with Gasteiger partial charge in [-0.25, -0.2) is 0 Å². The summed E-state index contributed by atoms with van der Waals surface area (Å²) in [6.45, 7) is 0.830. The number of benzene rings is 1. The molecule has 1 heterocycles. The molecule has 1 aromatic carbocycles. The second-order valence-corrected chi connectivity index (χ2v) is 5.52. The highest BCUT2D eigenvalue weighted by molar-refractivity contribution is 5.83. The molecule has 0 bridgehead atoms. The molecule has 0 amide bonds. The molecule has 2 aromatic rings. The first kappa shape index (κ1) is 10.8. The average molecular weight is 228 g/mol. The van der Waals surface area contributed by atoms with Gasteiger partial charge in [0.05, 0.1) is 0 Å². The van der Waals surface area contributed by atoms with Gasteiger partial charge < -0.3 is 10.3 Å².